The Morgan fingerprint density at radius 1 is 1.11 bits per heavy atom. The molecule has 2 bridgehead atoms. The summed E-state index contributed by atoms with van der Waals surface area (Å²) in [5.74, 6) is 2.36. The van der Waals surface area contributed by atoms with Gasteiger partial charge in [0.25, 0.3) is 5.91 Å². The van der Waals surface area contributed by atoms with E-state index in [0.29, 0.717) is 12.0 Å². The summed E-state index contributed by atoms with van der Waals surface area (Å²) in [5, 5.41) is 0. The molecule has 2 aromatic rings. The number of H-pyrrole nitrogens is 1. The molecule has 7 rings (SSSR count). The number of rotatable bonds is 2. The first-order chi connectivity index (χ1) is 17.5. The van der Waals surface area contributed by atoms with E-state index in [1.54, 1.807) is 7.11 Å². The van der Waals surface area contributed by atoms with Gasteiger partial charge in [0, 0.05) is 28.1 Å². The Morgan fingerprint density at radius 3 is 2.54 bits per heavy atom. The quantitative estimate of drug-likeness (QED) is 0.603. The van der Waals surface area contributed by atoms with E-state index in [2.05, 4.69) is 68.6 Å². The highest BCUT2D eigenvalue weighted by atomic mass is 16.5. The molecule has 4 heterocycles. The maximum absolute atomic E-state index is 14.3. The van der Waals surface area contributed by atoms with E-state index in [9.17, 15) is 4.79 Å². The van der Waals surface area contributed by atoms with Crippen LogP contribution in [0.2, 0.25) is 0 Å². The summed E-state index contributed by atoms with van der Waals surface area (Å²) < 4.78 is 12.7. The number of hydrogen-bond donors (Lipinski definition) is 1. The van der Waals surface area contributed by atoms with Crippen molar-refractivity contribution in [3.8, 4) is 11.5 Å². The van der Waals surface area contributed by atoms with Crippen LogP contribution in [-0.2, 0) is 18.3 Å². The average Bonchev–Trinajstić information content (AvgIpc) is 3.34. The van der Waals surface area contributed by atoms with Crippen LogP contribution in [0.3, 0.4) is 0 Å². The molecule has 2 fully saturated rings. The first-order valence-electron chi connectivity index (χ1n) is 14.1. The number of aromatic nitrogens is 1. The van der Waals surface area contributed by atoms with Crippen LogP contribution in [0.25, 0.3) is 0 Å². The van der Waals surface area contributed by atoms with Crippen molar-refractivity contribution in [3.05, 3.63) is 45.8 Å². The third-order valence-corrected chi connectivity index (χ3v) is 10.9. The monoisotopic (exact) mass is 503 g/mol. The zero-order valence-electron chi connectivity index (χ0n) is 23.5. The van der Waals surface area contributed by atoms with E-state index in [-0.39, 0.29) is 28.5 Å². The molecule has 1 N–H and O–H groups in total. The number of nitrogens with one attached hydrogen (secondary N) is 1. The van der Waals surface area contributed by atoms with Gasteiger partial charge in [-0.15, -0.1) is 0 Å². The summed E-state index contributed by atoms with van der Waals surface area (Å²) in [6.45, 7) is 12.1. The van der Waals surface area contributed by atoms with E-state index in [0.717, 1.165) is 73.5 Å². The van der Waals surface area contributed by atoms with Gasteiger partial charge < -0.3 is 24.3 Å². The van der Waals surface area contributed by atoms with E-state index < -0.39 is 0 Å². The lowest BCUT2D eigenvalue weighted by molar-refractivity contribution is -0.0257. The minimum Gasteiger partial charge on any atom is -0.493 e. The molecule has 4 atom stereocenters. The lowest BCUT2D eigenvalue weighted by atomic mass is 9.51. The van der Waals surface area contributed by atoms with Gasteiger partial charge in [-0.1, -0.05) is 6.07 Å². The fourth-order valence-corrected chi connectivity index (χ4v) is 9.31. The van der Waals surface area contributed by atoms with E-state index >= 15 is 0 Å². The summed E-state index contributed by atoms with van der Waals surface area (Å²) in [6.07, 6.45) is 6.21. The number of ether oxygens (including phenoxy) is 2. The van der Waals surface area contributed by atoms with Gasteiger partial charge in [0.05, 0.1) is 12.8 Å². The molecule has 198 valence electrons. The first-order valence-corrected chi connectivity index (χ1v) is 14.1. The number of piperidine rings is 2. The van der Waals surface area contributed by atoms with Crippen molar-refractivity contribution in [1.29, 1.82) is 0 Å². The zero-order chi connectivity index (χ0) is 26.1. The Bertz CT molecular complexity index is 1310. The van der Waals surface area contributed by atoms with Crippen LogP contribution in [-0.4, -0.2) is 58.5 Å². The van der Waals surface area contributed by atoms with Gasteiger partial charge in [0.2, 0.25) is 0 Å². The van der Waals surface area contributed by atoms with E-state index in [1.807, 2.05) is 0 Å². The number of aromatic amines is 1. The molecule has 1 spiro atoms. The number of hydrogen-bond acceptors (Lipinski definition) is 4. The van der Waals surface area contributed by atoms with Crippen molar-refractivity contribution in [1.82, 2.24) is 14.8 Å². The average molecular weight is 504 g/mol. The second kappa shape index (κ2) is 7.34. The van der Waals surface area contributed by atoms with Crippen molar-refractivity contribution >= 4 is 5.91 Å². The number of likely N-dealkylation sites (tertiary alicyclic amines) is 2. The van der Waals surface area contributed by atoms with Gasteiger partial charge in [-0.05, 0) is 115 Å². The lowest BCUT2D eigenvalue weighted by Crippen LogP contribution is -2.62. The molecule has 1 amide bonds. The highest BCUT2D eigenvalue weighted by Gasteiger charge is 2.65. The number of benzene rings is 1. The fourth-order valence-electron chi connectivity index (χ4n) is 9.31. The Morgan fingerprint density at radius 2 is 1.84 bits per heavy atom. The number of likely N-dealkylation sites (N-methyl/N-ethyl adjacent to an activating group) is 1. The van der Waals surface area contributed by atoms with Crippen LogP contribution >= 0.6 is 0 Å². The number of carbonyl (C=O) groups excluding carboxylic acids is 1. The summed E-state index contributed by atoms with van der Waals surface area (Å²) in [5.41, 5.74) is 6.68. The van der Waals surface area contributed by atoms with Crippen molar-refractivity contribution < 1.29 is 14.3 Å². The van der Waals surface area contributed by atoms with E-state index in [4.69, 9.17) is 9.47 Å². The maximum atomic E-state index is 14.3. The Hall–Kier alpha value is -2.47. The van der Waals surface area contributed by atoms with Crippen LogP contribution < -0.4 is 9.47 Å². The molecule has 6 nitrogen and oxygen atoms in total. The van der Waals surface area contributed by atoms with Crippen molar-refractivity contribution in [3.63, 3.8) is 0 Å². The second-order valence-corrected chi connectivity index (χ2v) is 13.6. The predicted octanol–water partition coefficient (Wildman–Crippen LogP) is 5.32. The number of amides is 1. The Kier molecular flexibility index (Phi) is 4.69. The second-order valence-electron chi connectivity index (χ2n) is 13.6. The van der Waals surface area contributed by atoms with Crippen LogP contribution in [0, 0.1) is 12.8 Å². The SMILES string of the molecule is COc1ccc2c3c1O[C@H]1c4[nH]c(C(=O)N5C(C)(C)CCCC5(C)C)c(C)c4C[C@H]4[C@@H](C2)N(C)CCC314. The lowest BCUT2D eigenvalue weighted by Gasteiger charge is -2.57. The molecule has 0 radical (unpaired) electrons. The molecule has 1 unspecified atom stereocenters. The molecule has 37 heavy (non-hydrogen) atoms. The molecular weight excluding hydrogens is 462 g/mol. The molecule has 1 aromatic heterocycles. The maximum Gasteiger partial charge on any atom is 0.271 e. The molecule has 6 heteroatoms. The molecule has 2 aliphatic carbocycles. The van der Waals surface area contributed by atoms with Crippen molar-refractivity contribution in [2.75, 3.05) is 20.7 Å². The van der Waals surface area contributed by atoms with Crippen LogP contribution in [0.5, 0.6) is 11.5 Å². The van der Waals surface area contributed by atoms with Crippen molar-refractivity contribution in [2.24, 2.45) is 5.92 Å². The number of carbonyl (C=O) groups is 1. The summed E-state index contributed by atoms with van der Waals surface area (Å²) in [4.78, 5) is 22.8. The molecule has 3 aliphatic heterocycles. The molecular formula is C31H41N3O3. The third-order valence-electron chi connectivity index (χ3n) is 10.9. The van der Waals surface area contributed by atoms with Gasteiger partial charge in [0.1, 0.15) is 11.8 Å². The molecule has 5 aliphatic rings. The first kappa shape index (κ1) is 23.6. The minimum absolute atomic E-state index is 0.0666. The highest BCUT2D eigenvalue weighted by Crippen LogP contribution is 2.67. The number of fused-ring (bicyclic) bond motifs is 2. The van der Waals surface area contributed by atoms with Crippen molar-refractivity contribution in [2.45, 2.75) is 102 Å². The number of nitrogens with zero attached hydrogens (tertiary/aromatic N) is 2. The largest absolute Gasteiger partial charge is 0.493 e. The van der Waals surface area contributed by atoms with Crippen LogP contribution in [0.4, 0.5) is 0 Å². The highest BCUT2D eigenvalue weighted by molar-refractivity contribution is 5.96. The smallest absolute Gasteiger partial charge is 0.271 e. The fraction of sp³-hybridized carbons (Fsp3) is 0.645. The van der Waals surface area contributed by atoms with Gasteiger partial charge in [-0.3, -0.25) is 4.79 Å². The van der Waals surface area contributed by atoms with Crippen LogP contribution in [0.1, 0.15) is 97.9 Å². The van der Waals surface area contributed by atoms with Gasteiger partial charge in [0.15, 0.2) is 11.5 Å². The van der Waals surface area contributed by atoms with Crippen LogP contribution in [0.15, 0.2) is 12.1 Å². The Balaban J connectivity index is 1.39. The minimum atomic E-state index is -0.175. The van der Waals surface area contributed by atoms with Gasteiger partial charge in [-0.2, -0.15) is 0 Å². The topological polar surface area (TPSA) is 57.8 Å². The normalized spacial score (nSPS) is 32.4. The molecule has 0 saturated carbocycles. The Labute approximate surface area is 220 Å². The summed E-state index contributed by atoms with van der Waals surface area (Å²) >= 11 is 0. The molecule has 2 saturated heterocycles. The predicted molar refractivity (Wildman–Crippen MR) is 144 cm³/mol. The van der Waals surface area contributed by atoms with E-state index in [1.165, 1.54) is 16.7 Å². The standard InChI is InChI=1S/C31H41N3O3/c1-17-19-16-20-21-15-18-9-10-22(36-7)26-23(18)31(20,13-14-33(21)6)27(37-26)25(19)32-24(17)28(35)34-29(2,3)11-8-12-30(34,4)5/h9-10,20-21,27,32H,8,11-16H2,1-7H3/t20-,21+,27-,31?/m0/s1. The van der Waals surface area contributed by atoms with Gasteiger partial charge in [-0.25, -0.2) is 0 Å². The number of methoxy groups -OCH3 is 1. The zero-order valence-corrected chi connectivity index (χ0v) is 23.5. The summed E-state index contributed by atoms with van der Waals surface area (Å²) in [6, 6.07) is 4.82. The third kappa shape index (κ3) is 2.83. The molecule has 1 aromatic carbocycles. The van der Waals surface area contributed by atoms with Gasteiger partial charge >= 0.3 is 0 Å². The summed E-state index contributed by atoms with van der Waals surface area (Å²) in [7, 11) is 4.02.